The Labute approximate surface area is 113 Å². The minimum absolute atomic E-state index is 0.0693. The maximum atomic E-state index is 12.3. The van der Waals surface area contributed by atoms with Crippen molar-refractivity contribution < 1.29 is 9.53 Å². The molecule has 1 saturated heterocycles. The predicted octanol–water partition coefficient (Wildman–Crippen LogP) is 2.60. The zero-order chi connectivity index (χ0) is 13.8. The van der Waals surface area contributed by atoms with E-state index in [0.717, 1.165) is 18.6 Å². The molecule has 0 bridgehead atoms. The monoisotopic (exact) mass is 258 g/mol. The number of nitrogens with zero attached hydrogens (tertiary/aromatic N) is 2. The third kappa shape index (κ3) is 3.05. The molecule has 0 spiro atoms. The zero-order valence-corrected chi connectivity index (χ0v) is 11.3. The first kappa shape index (κ1) is 13.4. The molecule has 1 fully saturated rings. The maximum Gasteiger partial charge on any atom is 0.254 e. The summed E-state index contributed by atoms with van der Waals surface area (Å²) in [7, 11) is 0. The van der Waals surface area contributed by atoms with Crippen molar-refractivity contribution in [3.63, 3.8) is 0 Å². The Morgan fingerprint density at radius 1 is 1.42 bits per heavy atom. The Hall–Kier alpha value is -2.02. The van der Waals surface area contributed by atoms with Gasteiger partial charge in [0.1, 0.15) is 11.8 Å². The third-order valence-electron chi connectivity index (χ3n) is 3.14. The van der Waals surface area contributed by atoms with Crippen LogP contribution in [0.1, 0.15) is 37.0 Å². The molecular formula is C15H18N2O2. The largest absolute Gasteiger partial charge is 0.491 e. The van der Waals surface area contributed by atoms with E-state index in [0.29, 0.717) is 12.1 Å². The van der Waals surface area contributed by atoms with E-state index in [1.807, 2.05) is 13.8 Å². The second kappa shape index (κ2) is 5.75. The number of hydrogen-bond acceptors (Lipinski definition) is 3. The van der Waals surface area contributed by atoms with Crippen LogP contribution in [-0.4, -0.2) is 29.5 Å². The van der Waals surface area contributed by atoms with Crippen molar-refractivity contribution in [3.8, 4) is 11.8 Å². The Morgan fingerprint density at radius 2 is 2.11 bits per heavy atom. The quantitative estimate of drug-likeness (QED) is 0.837. The van der Waals surface area contributed by atoms with E-state index in [2.05, 4.69) is 6.07 Å². The van der Waals surface area contributed by atoms with Gasteiger partial charge < -0.3 is 9.64 Å². The van der Waals surface area contributed by atoms with Gasteiger partial charge in [-0.15, -0.1) is 0 Å². The molecule has 1 aliphatic rings. The van der Waals surface area contributed by atoms with Crippen LogP contribution in [0.2, 0.25) is 0 Å². The Kier molecular flexibility index (Phi) is 4.06. The lowest BCUT2D eigenvalue weighted by Crippen LogP contribution is -2.34. The SMILES string of the molecule is CC(C)Oc1ccc(C(=O)N2CCCC2C#N)cc1. The van der Waals surface area contributed by atoms with Gasteiger partial charge in [0.15, 0.2) is 0 Å². The van der Waals surface area contributed by atoms with Crippen molar-refractivity contribution in [2.75, 3.05) is 6.54 Å². The molecular weight excluding hydrogens is 240 g/mol. The summed E-state index contributed by atoms with van der Waals surface area (Å²) in [6, 6.07) is 9.01. The van der Waals surface area contributed by atoms with Crippen molar-refractivity contribution >= 4 is 5.91 Å². The minimum Gasteiger partial charge on any atom is -0.491 e. The van der Waals surface area contributed by atoms with Crippen LogP contribution < -0.4 is 4.74 Å². The summed E-state index contributed by atoms with van der Waals surface area (Å²) in [6.07, 6.45) is 1.79. The number of carbonyl (C=O) groups excluding carboxylic acids is 1. The molecule has 0 N–H and O–H groups in total. The lowest BCUT2D eigenvalue weighted by atomic mass is 10.1. The number of likely N-dealkylation sites (tertiary alicyclic amines) is 1. The topological polar surface area (TPSA) is 53.3 Å². The fourth-order valence-corrected chi connectivity index (χ4v) is 2.26. The molecule has 4 nitrogen and oxygen atoms in total. The van der Waals surface area contributed by atoms with Gasteiger partial charge in [0, 0.05) is 12.1 Å². The van der Waals surface area contributed by atoms with Gasteiger partial charge in [-0.25, -0.2) is 0 Å². The summed E-state index contributed by atoms with van der Waals surface area (Å²) >= 11 is 0. The smallest absolute Gasteiger partial charge is 0.254 e. The average molecular weight is 258 g/mol. The molecule has 4 heteroatoms. The van der Waals surface area contributed by atoms with E-state index in [1.165, 1.54) is 0 Å². The Bertz CT molecular complexity index is 488. The first-order chi connectivity index (χ1) is 9.11. The van der Waals surface area contributed by atoms with Gasteiger partial charge in [-0.2, -0.15) is 5.26 Å². The molecule has 1 heterocycles. The molecule has 1 atom stereocenters. The highest BCUT2D eigenvalue weighted by molar-refractivity contribution is 5.94. The van der Waals surface area contributed by atoms with E-state index in [1.54, 1.807) is 29.2 Å². The van der Waals surface area contributed by atoms with Crippen LogP contribution in [0.5, 0.6) is 5.75 Å². The number of hydrogen-bond donors (Lipinski definition) is 0. The number of ether oxygens (including phenoxy) is 1. The molecule has 0 aromatic heterocycles. The molecule has 0 aliphatic carbocycles. The highest BCUT2D eigenvalue weighted by atomic mass is 16.5. The van der Waals surface area contributed by atoms with Gasteiger partial charge in [-0.05, 0) is 51.0 Å². The normalized spacial score (nSPS) is 18.4. The van der Waals surface area contributed by atoms with Gasteiger partial charge >= 0.3 is 0 Å². The van der Waals surface area contributed by atoms with Gasteiger partial charge in [-0.3, -0.25) is 4.79 Å². The summed E-state index contributed by atoms with van der Waals surface area (Å²) in [4.78, 5) is 13.9. The fourth-order valence-electron chi connectivity index (χ4n) is 2.26. The van der Waals surface area contributed by atoms with Crippen LogP contribution in [-0.2, 0) is 0 Å². The highest BCUT2D eigenvalue weighted by Crippen LogP contribution is 2.21. The first-order valence-corrected chi connectivity index (χ1v) is 6.59. The maximum absolute atomic E-state index is 12.3. The van der Waals surface area contributed by atoms with Crippen LogP contribution in [0.4, 0.5) is 0 Å². The number of carbonyl (C=O) groups is 1. The standard InChI is InChI=1S/C15H18N2O2/c1-11(2)19-14-7-5-12(6-8-14)15(18)17-9-3-4-13(17)10-16/h5-8,11,13H,3-4,9H2,1-2H3. The second-order valence-electron chi connectivity index (χ2n) is 4.98. The van der Waals surface area contributed by atoms with E-state index in [-0.39, 0.29) is 18.1 Å². The van der Waals surface area contributed by atoms with E-state index in [4.69, 9.17) is 10.00 Å². The molecule has 19 heavy (non-hydrogen) atoms. The van der Waals surface area contributed by atoms with Gasteiger partial charge in [0.2, 0.25) is 0 Å². The van der Waals surface area contributed by atoms with Crippen LogP contribution in [0.15, 0.2) is 24.3 Å². The van der Waals surface area contributed by atoms with Crippen molar-refractivity contribution in [1.29, 1.82) is 5.26 Å². The van der Waals surface area contributed by atoms with Crippen LogP contribution in [0.3, 0.4) is 0 Å². The van der Waals surface area contributed by atoms with E-state index >= 15 is 0 Å². The van der Waals surface area contributed by atoms with Crippen LogP contribution in [0.25, 0.3) is 0 Å². The van der Waals surface area contributed by atoms with Crippen LogP contribution in [0, 0.1) is 11.3 Å². The van der Waals surface area contributed by atoms with Crippen LogP contribution >= 0.6 is 0 Å². The van der Waals surface area contributed by atoms with E-state index < -0.39 is 0 Å². The Morgan fingerprint density at radius 3 is 2.68 bits per heavy atom. The first-order valence-electron chi connectivity index (χ1n) is 6.59. The zero-order valence-electron chi connectivity index (χ0n) is 11.3. The molecule has 1 aromatic carbocycles. The number of rotatable bonds is 3. The molecule has 1 amide bonds. The lowest BCUT2D eigenvalue weighted by molar-refractivity contribution is 0.0765. The summed E-state index contributed by atoms with van der Waals surface area (Å²) in [5.74, 6) is 0.685. The van der Waals surface area contributed by atoms with Crippen molar-refractivity contribution in [2.45, 2.75) is 38.8 Å². The second-order valence-corrected chi connectivity index (χ2v) is 4.98. The minimum atomic E-state index is -0.279. The molecule has 2 rings (SSSR count). The summed E-state index contributed by atoms with van der Waals surface area (Å²) in [6.45, 7) is 4.59. The summed E-state index contributed by atoms with van der Waals surface area (Å²) in [5.41, 5.74) is 0.609. The fraction of sp³-hybridized carbons (Fsp3) is 0.467. The van der Waals surface area contributed by atoms with Crippen molar-refractivity contribution in [2.24, 2.45) is 0 Å². The highest BCUT2D eigenvalue weighted by Gasteiger charge is 2.29. The number of nitriles is 1. The average Bonchev–Trinajstić information content (AvgIpc) is 2.86. The van der Waals surface area contributed by atoms with Gasteiger partial charge in [0.05, 0.1) is 12.2 Å². The molecule has 100 valence electrons. The molecule has 1 aromatic rings. The van der Waals surface area contributed by atoms with Crippen molar-refractivity contribution in [1.82, 2.24) is 4.90 Å². The van der Waals surface area contributed by atoms with Gasteiger partial charge in [0.25, 0.3) is 5.91 Å². The summed E-state index contributed by atoms with van der Waals surface area (Å²) in [5, 5.41) is 9.01. The number of benzene rings is 1. The number of amides is 1. The molecule has 0 saturated carbocycles. The molecule has 1 unspecified atom stereocenters. The van der Waals surface area contributed by atoms with Crippen molar-refractivity contribution in [3.05, 3.63) is 29.8 Å². The van der Waals surface area contributed by atoms with E-state index in [9.17, 15) is 4.79 Å². The molecule has 0 radical (unpaired) electrons. The predicted molar refractivity (Wildman–Crippen MR) is 71.9 cm³/mol. The third-order valence-corrected chi connectivity index (χ3v) is 3.14. The Balaban J connectivity index is 2.10. The lowest BCUT2D eigenvalue weighted by Gasteiger charge is -2.19. The van der Waals surface area contributed by atoms with Gasteiger partial charge in [-0.1, -0.05) is 0 Å². The molecule has 1 aliphatic heterocycles. The summed E-state index contributed by atoms with van der Waals surface area (Å²) < 4.78 is 5.54.